The third kappa shape index (κ3) is 4.90. The number of unbranched alkanes of at least 4 members (excludes halogenated alkanes) is 1. The van der Waals surface area contributed by atoms with Crippen molar-refractivity contribution in [2.24, 2.45) is 5.92 Å². The zero-order valence-electron chi connectivity index (χ0n) is 8.55. The SMILES string of the molecule is CCC(CC1CC1)NCCCC#N. The summed E-state index contributed by atoms with van der Waals surface area (Å²) in [7, 11) is 0. The van der Waals surface area contributed by atoms with Gasteiger partial charge < -0.3 is 5.32 Å². The summed E-state index contributed by atoms with van der Waals surface area (Å²) in [6.45, 7) is 3.25. The molecule has 1 rings (SSSR count). The first kappa shape index (κ1) is 10.5. The Hall–Kier alpha value is -0.550. The normalized spacial score (nSPS) is 18.2. The van der Waals surface area contributed by atoms with E-state index in [1.165, 1.54) is 25.7 Å². The fourth-order valence-corrected chi connectivity index (χ4v) is 1.62. The lowest BCUT2D eigenvalue weighted by Gasteiger charge is -2.15. The minimum absolute atomic E-state index is 0.687. The molecular formula is C11H20N2. The molecule has 2 heteroatoms. The predicted octanol–water partition coefficient (Wildman–Crippen LogP) is 2.46. The summed E-state index contributed by atoms with van der Waals surface area (Å²) < 4.78 is 0. The fourth-order valence-electron chi connectivity index (χ4n) is 1.62. The Labute approximate surface area is 81.3 Å². The van der Waals surface area contributed by atoms with Crippen LogP contribution in [-0.4, -0.2) is 12.6 Å². The fraction of sp³-hybridized carbons (Fsp3) is 0.909. The lowest BCUT2D eigenvalue weighted by atomic mass is 10.1. The molecule has 1 fully saturated rings. The van der Waals surface area contributed by atoms with Gasteiger partial charge in [0.05, 0.1) is 6.07 Å². The van der Waals surface area contributed by atoms with Crippen molar-refractivity contribution in [2.45, 2.75) is 51.5 Å². The summed E-state index contributed by atoms with van der Waals surface area (Å²) in [6, 6.07) is 2.87. The van der Waals surface area contributed by atoms with Gasteiger partial charge in [-0.1, -0.05) is 19.8 Å². The lowest BCUT2D eigenvalue weighted by molar-refractivity contribution is 0.443. The van der Waals surface area contributed by atoms with Crippen LogP contribution in [0.25, 0.3) is 0 Å². The summed E-state index contributed by atoms with van der Waals surface area (Å²) in [5, 5.41) is 11.9. The Morgan fingerprint density at radius 1 is 1.54 bits per heavy atom. The molecule has 0 spiro atoms. The van der Waals surface area contributed by atoms with Gasteiger partial charge in [0.2, 0.25) is 0 Å². The average Bonchev–Trinajstić information content (AvgIpc) is 2.94. The zero-order valence-corrected chi connectivity index (χ0v) is 8.55. The van der Waals surface area contributed by atoms with Crippen molar-refractivity contribution in [3.05, 3.63) is 0 Å². The van der Waals surface area contributed by atoms with Crippen molar-refractivity contribution in [3.8, 4) is 6.07 Å². The van der Waals surface area contributed by atoms with E-state index in [0.29, 0.717) is 12.5 Å². The van der Waals surface area contributed by atoms with E-state index in [1.54, 1.807) is 0 Å². The van der Waals surface area contributed by atoms with Crippen LogP contribution >= 0.6 is 0 Å². The van der Waals surface area contributed by atoms with Crippen LogP contribution < -0.4 is 5.32 Å². The van der Waals surface area contributed by atoms with Crippen LogP contribution in [-0.2, 0) is 0 Å². The van der Waals surface area contributed by atoms with Crippen molar-refractivity contribution in [2.75, 3.05) is 6.54 Å². The molecule has 1 aliphatic rings. The highest BCUT2D eigenvalue weighted by molar-refractivity contribution is 4.79. The third-order valence-electron chi connectivity index (χ3n) is 2.71. The molecule has 1 atom stereocenters. The highest BCUT2D eigenvalue weighted by Gasteiger charge is 2.24. The molecule has 0 radical (unpaired) electrons. The van der Waals surface area contributed by atoms with Crippen molar-refractivity contribution >= 4 is 0 Å². The second-order valence-corrected chi connectivity index (χ2v) is 4.00. The van der Waals surface area contributed by atoms with Gasteiger partial charge >= 0.3 is 0 Å². The predicted molar refractivity (Wildman–Crippen MR) is 54.3 cm³/mol. The van der Waals surface area contributed by atoms with Crippen LogP contribution in [0.1, 0.15) is 45.4 Å². The molecule has 0 aromatic heterocycles. The van der Waals surface area contributed by atoms with E-state index in [0.717, 1.165) is 18.9 Å². The third-order valence-corrected chi connectivity index (χ3v) is 2.71. The molecule has 0 saturated heterocycles. The standard InChI is InChI=1S/C11H20N2/c1-2-11(9-10-5-6-10)13-8-4-3-7-12/h10-11,13H,2-6,8-9H2,1H3. The maximum absolute atomic E-state index is 8.37. The molecule has 2 nitrogen and oxygen atoms in total. The maximum atomic E-state index is 8.37. The molecule has 1 saturated carbocycles. The van der Waals surface area contributed by atoms with Gasteiger partial charge in [0.15, 0.2) is 0 Å². The molecule has 1 N–H and O–H groups in total. The number of rotatable bonds is 7. The van der Waals surface area contributed by atoms with Crippen molar-refractivity contribution in [1.29, 1.82) is 5.26 Å². The Bertz CT molecular complexity index is 167. The first-order valence-electron chi connectivity index (χ1n) is 5.47. The van der Waals surface area contributed by atoms with Gasteiger partial charge in [-0.05, 0) is 31.7 Å². The molecule has 0 aromatic carbocycles. The smallest absolute Gasteiger partial charge is 0.0622 e. The number of hydrogen-bond donors (Lipinski definition) is 1. The molecule has 0 amide bonds. The van der Waals surface area contributed by atoms with Gasteiger partial charge in [0, 0.05) is 12.5 Å². The van der Waals surface area contributed by atoms with Crippen molar-refractivity contribution < 1.29 is 0 Å². The monoisotopic (exact) mass is 180 g/mol. The van der Waals surface area contributed by atoms with E-state index < -0.39 is 0 Å². The second-order valence-electron chi connectivity index (χ2n) is 4.00. The van der Waals surface area contributed by atoms with Gasteiger partial charge in [-0.25, -0.2) is 0 Å². The molecule has 0 aliphatic heterocycles. The molecule has 0 bridgehead atoms. The van der Waals surface area contributed by atoms with Gasteiger partial charge in [0.1, 0.15) is 0 Å². The molecule has 13 heavy (non-hydrogen) atoms. The average molecular weight is 180 g/mol. The van der Waals surface area contributed by atoms with Crippen molar-refractivity contribution in [3.63, 3.8) is 0 Å². The topological polar surface area (TPSA) is 35.8 Å². The van der Waals surface area contributed by atoms with Gasteiger partial charge in [-0.2, -0.15) is 5.26 Å². The van der Waals surface area contributed by atoms with Crippen LogP contribution in [0.3, 0.4) is 0 Å². The molecule has 1 unspecified atom stereocenters. The molecule has 74 valence electrons. The Morgan fingerprint density at radius 2 is 2.31 bits per heavy atom. The maximum Gasteiger partial charge on any atom is 0.0622 e. The van der Waals surface area contributed by atoms with E-state index >= 15 is 0 Å². The summed E-state index contributed by atoms with van der Waals surface area (Å²) in [6.07, 6.45) is 7.14. The number of nitriles is 1. The zero-order chi connectivity index (χ0) is 9.52. The van der Waals surface area contributed by atoms with Crippen LogP contribution in [0.4, 0.5) is 0 Å². The highest BCUT2D eigenvalue weighted by atomic mass is 14.9. The number of nitrogens with one attached hydrogen (secondary N) is 1. The second kappa shape index (κ2) is 5.99. The Morgan fingerprint density at radius 3 is 2.85 bits per heavy atom. The minimum Gasteiger partial charge on any atom is -0.314 e. The van der Waals surface area contributed by atoms with E-state index in [2.05, 4.69) is 18.3 Å². The van der Waals surface area contributed by atoms with Crippen LogP contribution in [0.15, 0.2) is 0 Å². The molecule has 0 aromatic rings. The number of nitrogens with zero attached hydrogens (tertiary/aromatic N) is 1. The Balaban J connectivity index is 1.98. The number of hydrogen-bond acceptors (Lipinski definition) is 2. The van der Waals surface area contributed by atoms with Crippen LogP contribution in [0, 0.1) is 17.2 Å². The first-order chi connectivity index (χ1) is 6.36. The minimum atomic E-state index is 0.687. The van der Waals surface area contributed by atoms with E-state index in [9.17, 15) is 0 Å². The van der Waals surface area contributed by atoms with Gasteiger partial charge in [-0.3, -0.25) is 0 Å². The van der Waals surface area contributed by atoms with E-state index in [-0.39, 0.29) is 0 Å². The summed E-state index contributed by atoms with van der Waals surface area (Å²) in [5.41, 5.74) is 0. The van der Waals surface area contributed by atoms with Crippen LogP contribution in [0.5, 0.6) is 0 Å². The summed E-state index contributed by atoms with van der Waals surface area (Å²) >= 11 is 0. The van der Waals surface area contributed by atoms with Crippen molar-refractivity contribution in [1.82, 2.24) is 5.32 Å². The largest absolute Gasteiger partial charge is 0.314 e. The molecule has 0 heterocycles. The molecule has 1 aliphatic carbocycles. The van der Waals surface area contributed by atoms with Crippen LogP contribution in [0.2, 0.25) is 0 Å². The summed E-state index contributed by atoms with van der Waals surface area (Å²) in [5.74, 6) is 1.01. The highest BCUT2D eigenvalue weighted by Crippen LogP contribution is 2.33. The molecular weight excluding hydrogens is 160 g/mol. The van der Waals surface area contributed by atoms with Gasteiger partial charge in [-0.15, -0.1) is 0 Å². The summed E-state index contributed by atoms with van der Waals surface area (Å²) in [4.78, 5) is 0. The van der Waals surface area contributed by atoms with E-state index in [4.69, 9.17) is 5.26 Å². The quantitative estimate of drug-likeness (QED) is 0.611. The Kier molecular flexibility index (Phi) is 4.85. The van der Waals surface area contributed by atoms with Gasteiger partial charge in [0.25, 0.3) is 0 Å². The van der Waals surface area contributed by atoms with E-state index in [1.807, 2.05) is 0 Å². The first-order valence-corrected chi connectivity index (χ1v) is 5.47. The lowest BCUT2D eigenvalue weighted by Crippen LogP contribution is -2.29.